The van der Waals surface area contributed by atoms with Crippen LogP contribution < -0.4 is 0 Å². The van der Waals surface area contributed by atoms with E-state index in [1.807, 2.05) is 0 Å². The van der Waals surface area contributed by atoms with Gasteiger partial charge in [0.25, 0.3) is 0 Å². The van der Waals surface area contributed by atoms with Gasteiger partial charge in [0.1, 0.15) is 0 Å². The summed E-state index contributed by atoms with van der Waals surface area (Å²) in [4.78, 5) is 10.5. The van der Waals surface area contributed by atoms with Crippen LogP contribution in [-0.2, 0) is 14.0 Å². The van der Waals surface area contributed by atoms with Crippen LogP contribution in [0.1, 0.15) is 12.8 Å². The van der Waals surface area contributed by atoms with Crippen molar-refractivity contribution in [3.05, 3.63) is 0 Å². The Balaban J connectivity index is 2.38. The minimum atomic E-state index is -8.70. The molecule has 0 radical (unpaired) electrons. The maximum atomic E-state index is 14.3. The van der Waals surface area contributed by atoms with E-state index >= 15 is 0 Å². The lowest BCUT2D eigenvalue weighted by Crippen LogP contribution is -2.74. The molecule has 1 N–H and O–H groups in total. The molecule has 0 aliphatic carbocycles. The second kappa shape index (κ2) is 11.3. The lowest BCUT2D eigenvalue weighted by atomic mass is 9.87. The number of hydrogen-bond acceptors (Lipinski definition) is 3. The molecule has 0 aromatic carbocycles. The molecule has 0 aromatic rings. The summed E-state index contributed by atoms with van der Waals surface area (Å²) in [5, 5.41) is 0. The van der Waals surface area contributed by atoms with Gasteiger partial charge in [-0.25, -0.2) is 9.34 Å². The first-order chi connectivity index (χ1) is 18.6. The number of alkyl halides is 17. The van der Waals surface area contributed by atoms with Crippen LogP contribution in [0.4, 0.5) is 74.6 Å². The standard InChI is InChI=1S/C18H20F17N2O4P/c19-11(20,2-1-10-9-41-8-5-37(10)42(38,39)36-3-6-40-7-4-36)12(21,22)13(23,24)14(25,26)15(27,28)16(29,30)17(31,32)18(33,34)35/h10H,1-9H2,(H,38,39). The van der Waals surface area contributed by atoms with Crippen LogP contribution in [0.25, 0.3) is 0 Å². The highest BCUT2D eigenvalue weighted by atomic mass is 31.2. The van der Waals surface area contributed by atoms with Crippen LogP contribution in [0, 0.1) is 0 Å². The lowest BCUT2D eigenvalue weighted by Gasteiger charge is -2.44. The molecule has 0 bridgehead atoms. The SMILES string of the molecule is O=P(O)(N1CCOCC1)N1CCOCC1CCC(F)(F)C(F)(F)C(F)(F)C(F)(F)C(F)(F)C(F)(F)C(F)(F)C(F)(F)F. The Morgan fingerprint density at radius 1 is 0.619 bits per heavy atom. The molecule has 2 atom stereocenters. The topological polar surface area (TPSA) is 62.2 Å². The molecule has 2 fully saturated rings. The highest BCUT2D eigenvalue weighted by Crippen LogP contribution is 2.64. The van der Waals surface area contributed by atoms with E-state index in [1.54, 1.807) is 0 Å². The van der Waals surface area contributed by atoms with Crippen molar-refractivity contribution in [2.45, 2.75) is 66.5 Å². The molecule has 24 heteroatoms. The molecule has 0 spiro atoms. The molecule has 6 nitrogen and oxygen atoms in total. The molecule has 2 saturated heterocycles. The van der Waals surface area contributed by atoms with E-state index < -0.39 is 87.3 Å². The molecule has 2 aliphatic rings. The summed E-state index contributed by atoms with van der Waals surface area (Å²) in [6.07, 6.45) is -12.1. The molecule has 2 aliphatic heterocycles. The summed E-state index contributed by atoms with van der Waals surface area (Å²) < 4.78 is 253. The van der Waals surface area contributed by atoms with Crippen LogP contribution >= 0.6 is 7.67 Å². The third-order valence-corrected chi connectivity index (χ3v) is 8.80. The minimum Gasteiger partial charge on any atom is -0.379 e. The lowest BCUT2D eigenvalue weighted by molar-refractivity contribution is -0.461. The van der Waals surface area contributed by atoms with E-state index in [0.717, 1.165) is 4.67 Å². The molecule has 2 unspecified atom stereocenters. The van der Waals surface area contributed by atoms with Crippen LogP contribution in [0.2, 0.25) is 0 Å². The van der Waals surface area contributed by atoms with Crippen molar-refractivity contribution in [2.75, 3.05) is 46.1 Å². The van der Waals surface area contributed by atoms with E-state index in [1.165, 1.54) is 0 Å². The van der Waals surface area contributed by atoms with Gasteiger partial charge in [-0.05, 0) is 6.42 Å². The average Bonchev–Trinajstić information content (AvgIpc) is 2.86. The Kier molecular flexibility index (Phi) is 9.99. The van der Waals surface area contributed by atoms with E-state index in [4.69, 9.17) is 9.47 Å². The van der Waals surface area contributed by atoms with Gasteiger partial charge in [-0.15, -0.1) is 0 Å². The molecule has 2 heterocycles. The average molecular weight is 682 g/mol. The second-order valence-corrected chi connectivity index (χ2v) is 11.3. The van der Waals surface area contributed by atoms with Crippen molar-refractivity contribution in [3.8, 4) is 0 Å². The highest BCUT2D eigenvalue weighted by molar-refractivity contribution is 7.52. The van der Waals surface area contributed by atoms with Crippen molar-refractivity contribution in [1.29, 1.82) is 0 Å². The summed E-state index contributed by atoms with van der Waals surface area (Å²) in [6, 6.07) is -1.82. The van der Waals surface area contributed by atoms with Gasteiger partial charge in [0, 0.05) is 32.1 Å². The normalized spacial score (nSPS) is 23.6. The van der Waals surface area contributed by atoms with Crippen molar-refractivity contribution in [3.63, 3.8) is 0 Å². The van der Waals surface area contributed by atoms with Gasteiger partial charge in [-0.1, -0.05) is 0 Å². The minimum absolute atomic E-state index is 0.0915. The van der Waals surface area contributed by atoms with Crippen LogP contribution in [0.3, 0.4) is 0 Å². The fraction of sp³-hybridized carbons (Fsp3) is 1.00. The van der Waals surface area contributed by atoms with Gasteiger partial charge in [0.05, 0.1) is 26.4 Å². The van der Waals surface area contributed by atoms with Crippen molar-refractivity contribution in [1.82, 2.24) is 9.34 Å². The molecule has 0 aromatic heterocycles. The zero-order valence-electron chi connectivity index (χ0n) is 20.4. The van der Waals surface area contributed by atoms with Crippen molar-refractivity contribution < 1.29 is 93.6 Å². The zero-order chi connectivity index (χ0) is 33.0. The number of nitrogens with zero attached hydrogens (tertiary/aromatic N) is 2. The number of morpholine rings is 2. The van der Waals surface area contributed by atoms with Gasteiger partial charge in [-0.3, -0.25) is 4.57 Å². The summed E-state index contributed by atoms with van der Waals surface area (Å²) >= 11 is 0. The van der Waals surface area contributed by atoms with Crippen molar-refractivity contribution >= 4 is 7.67 Å². The first-order valence-electron chi connectivity index (χ1n) is 11.3. The Hall–Kier alpha value is -1.16. The second-order valence-electron chi connectivity index (χ2n) is 9.16. The summed E-state index contributed by atoms with van der Waals surface area (Å²) in [7, 11) is -4.69. The third kappa shape index (κ3) is 5.69. The maximum Gasteiger partial charge on any atom is 0.460 e. The fourth-order valence-corrected chi connectivity index (χ4v) is 5.86. The van der Waals surface area contributed by atoms with E-state index in [0.29, 0.717) is 4.67 Å². The predicted octanol–water partition coefficient (Wildman–Crippen LogP) is 5.91. The smallest absolute Gasteiger partial charge is 0.379 e. The quantitative estimate of drug-likeness (QED) is 0.216. The molecule has 42 heavy (non-hydrogen) atoms. The summed E-state index contributed by atoms with van der Waals surface area (Å²) in [5.41, 5.74) is 0. The van der Waals surface area contributed by atoms with Crippen LogP contribution in [0.5, 0.6) is 0 Å². The largest absolute Gasteiger partial charge is 0.460 e. The van der Waals surface area contributed by atoms with Crippen LogP contribution in [-0.4, -0.2) is 114 Å². The molecular formula is C18H20F17N2O4P. The molecule has 2 rings (SSSR count). The van der Waals surface area contributed by atoms with Gasteiger partial charge in [0.15, 0.2) is 0 Å². The monoisotopic (exact) mass is 682 g/mol. The maximum absolute atomic E-state index is 14.3. The zero-order valence-corrected chi connectivity index (χ0v) is 21.3. The van der Waals surface area contributed by atoms with Gasteiger partial charge >= 0.3 is 55.3 Å². The number of ether oxygens (including phenoxy) is 2. The third-order valence-electron chi connectivity index (χ3n) is 6.47. The molecular weight excluding hydrogens is 662 g/mol. The number of rotatable bonds is 11. The van der Waals surface area contributed by atoms with E-state index in [9.17, 15) is 84.1 Å². The summed E-state index contributed by atoms with van der Waals surface area (Å²) in [5.74, 6) is -56.9. The van der Waals surface area contributed by atoms with Gasteiger partial charge in [-0.2, -0.15) is 74.6 Å². The number of halogens is 17. The predicted molar refractivity (Wildman–Crippen MR) is 103 cm³/mol. The van der Waals surface area contributed by atoms with Gasteiger partial charge < -0.3 is 14.4 Å². The Labute approximate surface area is 224 Å². The molecule has 250 valence electrons. The molecule has 0 saturated carbocycles. The van der Waals surface area contributed by atoms with E-state index in [-0.39, 0.29) is 32.9 Å². The van der Waals surface area contributed by atoms with Crippen LogP contribution in [0.15, 0.2) is 0 Å². The summed E-state index contributed by atoms with van der Waals surface area (Å²) in [6.45, 7) is -2.33. The molecule has 0 amide bonds. The fourth-order valence-electron chi connectivity index (χ4n) is 3.90. The first kappa shape index (κ1) is 37.0. The highest BCUT2D eigenvalue weighted by Gasteiger charge is 2.95. The van der Waals surface area contributed by atoms with Crippen molar-refractivity contribution in [2.24, 2.45) is 0 Å². The first-order valence-corrected chi connectivity index (χ1v) is 12.8. The number of hydrogen-bond donors (Lipinski definition) is 1. The Bertz CT molecular complexity index is 1000. The Morgan fingerprint density at radius 3 is 1.48 bits per heavy atom. The van der Waals surface area contributed by atoms with E-state index in [2.05, 4.69) is 0 Å². The van der Waals surface area contributed by atoms with Gasteiger partial charge in [0.2, 0.25) is 0 Å². The Morgan fingerprint density at radius 2 is 1.02 bits per heavy atom.